The zero-order valence-corrected chi connectivity index (χ0v) is 13.8. The summed E-state index contributed by atoms with van der Waals surface area (Å²) in [4.78, 5) is 11.1. The minimum absolute atomic E-state index is 0.123. The first-order chi connectivity index (χ1) is 10.2. The molecule has 1 aromatic carbocycles. The summed E-state index contributed by atoms with van der Waals surface area (Å²) in [5, 5.41) is 3.27. The lowest BCUT2D eigenvalue weighted by atomic mass is 10.1. The first-order valence-corrected chi connectivity index (χ1v) is 7.85. The Morgan fingerprint density at radius 3 is 2.62 bits per heavy atom. The maximum atomic E-state index is 11.1. The highest BCUT2D eigenvalue weighted by molar-refractivity contribution is 7.99. The molecule has 0 saturated heterocycles. The number of nitrogens with one attached hydrogen (secondary N) is 1. The third-order valence-electron chi connectivity index (χ3n) is 3.12. The summed E-state index contributed by atoms with van der Waals surface area (Å²) in [5.74, 6) is 3.01. The van der Waals surface area contributed by atoms with Crippen molar-refractivity contribution in [1.29, 1.82) is 0 Å². The molecule has 0 aliphatic heterocycles. The molecule has 0 heterocycles. The van der Waals surface area contributed by atoms with E-state index in [0.717, 1.165) is 28.6 Å². The number of thioether (sulfide) groups is 1. The zero-order chi connectivity index (χ0) is 15.7. The molecule has 0 aromatic heterocycles. The SMILES string of the molecule is CNC(CSCCC(=O)OC)c1cc(OC)ccc1OC. The van der Waals surface area contributed by atoms with Crippen molar-refractivity contribution in [3.8, 4) is 11.5 Å². The fourth-order valence-electron chi connectivity index (χ4n) is 1.90. The van der Waals surface area contributed by atoms with Crippen LogP contribution in [0.5, 0.6) is 11.5 Å². The van der Waals surface area contributed by atoms with Crippen LogP contribution in [0.25, 0.3) is 0 Å². The second-order valence-electron chi connectivity index (χ2n) is 4.35. The maximum absolute atomic E-state index is 11.1. The zero-order valence-electron chi connectivity index (χ0n) is 13.0. The average molecular weight is 313 g/mol. The van der Waals surface area contributed by atoms with Crippen molar-refractivity contribution in [2.75, 3.05) is 39.9 Å². The van der Waals surface area contributed by atoms with Gasteiger partial charge >= 0.3 is 5.97 Å². The van der Waals surface area contributed by atoms with Crippen LogP contribution in [0.15, 0.2) is 18.2 Å². The van der Waals surface area contributed by atoms with E-state index in [9.17, 15) is 4.79 Å². The van der Waals surface area contributed by atoms with Gasteiger partial charge in [-0.05, 0) is 25.2 Å². The topological polar surface area (TPSA) is 56.8 Å². The Morgan fingerprint density at radius 2 is 2.05 bits per heavy atom. The number of methoxy groups -OCH3 is 3. The molecule has 0 spiro atoms. The Hall–Kier alpha value is -1.40. The van der Waals surface area contributed by atoms with E-state index < -0.39 is 0 Å². The second kappa shape index (κ2) is 9.52. The lowest BCUT2D eigenvalue weighted by Gasteiger charge is -2.19. The van der Waals surface area contributed by atoms with Crippen molar-refractivity contribution in [2.45, 2.75) is 12.5 Å². The Bertz CT molecular complexity index is 453. The predicted molar refractivity (Wildman–Crippen MR) is 85.3 cm³/mol. The molecular formula is C15H23NO4S. The first-order valence-electron chi connectivity index (χ1n) is 6.70. The molecule has 0 fully saturated rings. The van der Waals surface area contributed by atoms with Gasteiger partial charge in [-0.25, -0.2) is 0 Å². The summed E-state index contributed by atoms with van der Waals surface area (Å²) in [5.41, 5.74) is 1.05. The van der Waals surface area contributed by atoms with E-state index in [1.165, 1.54) is 7.11 Å². The summed E-state index contributed by atoms with van der Waals surface area (Å²) in [6.45, 7) is 0. The fourth-order valence-corrected chi connectivity index (χ4v) is 2.96. The standard InChI is InChI=1S/C15H23NO4S/c1-16-13(10-21-8-7-15(17)20-4)12-9-11(18-2)5-6-14(12)19-3/h5-6,9,13,16H,7-8,10H2,1-4H3. The molecule has 118 valence electrons. The number of rotatable bonds is 9. The number of esters is 1. The number of benzene rings is 1. The molecule has 0 aliphatic rings. The molecule has 0 aliphatic carbocycles. The number of ether oxygens (including phenoxy) is 3. The van der Waals surface area contributed by atoms with Gasteiger partial charge in [-0.15, -0.1) is 0 Å². The Kier molecular flexibility index (Phi) is 8.00. The summed E-state index contributed by atoms with van der Waals surface area (Å²) >= 11 is 1.70. The molecule has 0 bridgehead atoms. The van der Waals surface area contributed by atoms with E-state index in [-0.39, 0.29) is 12.0 Å². The van der Waals surface area contributed by atoms with Crippen molar-refractivity contribution >= 4 is 17.7 Å². The van der Waals surface area contributed by atoms with Crippen molar-refractivity contribution in [1.82, 2.24) is 5.32 Å². The summed E-state index contributed by atoms with van der Waals surface area (Å²) in [6, 6.07) is 5.87. The van der Waals surface area contributed by atoms with E-state index in [1.54, 1.807) is 26.0 Å². The molecule has 0 radical (unpaired) electrons. The molecule has 1 aromatic rings. The van der Waals surface area contributed by atoms with Gasteiger partial charge in [0.25, 0.3) is 0 Å². The van der Waals surface area contributed by atoms with E-state index in [2.05, 4.69) is 10.1 Å². The largest absolute Gasteiger partial charge is 0.497 e. The maximum Gasteiger partial charge on any atom is 0.306 e. The minimum Gasteiger partial charge on any atom is -0.497 e. The van der Waals surface area contributed by atoms with Crippen molar-refractivity contribution in [3.05, 3.63) is 23.8 Å². The minimum atomic E-state index is -0.178. The molecule has 1 rings (SSSR count). The number of hydrogen-bond acceptors (Lipinski definition) is 6. The van der Waals surface area contributed by atoms with Gasteiger partial charge in [0, 0.05) is 23.1 Å². The van der Waals surface area contributed by atoms with Crippen LogP contribution in [-0.2, 0) is 9.53 Å². The lowest BCUT2D eigenvalue weighted by Crippen LogP contribution is -2.20. The normalized spacial score (nSPS) is 11.8. The van der Waals surface area contributed by atoms with Crippen LogP contribution in [0.2, 0.25) is 0 Å². The summed E-state index contributed by atoms with van der Waals surface area (Å²) < 4.78 is 15.3. The molecule has 5 nitrogen and oxygen atoms in total. The molecule has 1 N–H and O–H groups in total. The quantitative estimate of drug-likeness (QED) is 0.557. The van der Waals surface area contributed by atoms with Crippen molar-refractivity contribution in [3.63, 3.8) is 0 Å². The first kappa shape index (κ1) is 17.7. The van der Waals surface area contributed by atoms with Gasteiger partial charge < -0.3 is 19.5 Å². The van der Waals surface area contributed by atoms with Crippen molar-refractivity contribution in [2.24, 2.45) is 0 Å². The van der Waals surface area contributed by atoms with E-state index >= 15 is 0 Å². The Labute approximate surface area is 130 Å². The van der Waals surface area contributed by atoms with E-state index in [1.807, 2.05) is 25.2 Å². The van der Waals surface area contributed by atoms with Crippen LogP contribution in [0.1, 0.15) is 18.0 Å². The van der Waals surface area contributed by atoms with Crippen LogP contribution < -0.4 is 14.8 Å². The van der Waals surface area contributed by atoms with Crippen LogP contribution in [0.4, 0.5) is 0 Å². The third-order valence-corrected chi connectivity index (χ3v) is 4.19. The van der Waals surface area contributed by atoms with Crippen molar-refractivity contribution < 1.29 is 19.0 Å². The number of carbonyl (C=O) groups excluding carboxylic acids is 1. The smallest absolute Gasteiger partial charge is 0.306 e. The number of hydrogen-bond donors (Lipinski definition) is 1. The highest BCUT2D eigenvalue weighted by Gasteiger charge is 2.16. The molecule has 0 amide bonds. The van der Waals surface area contributed by atoms with Gasteiger partial charge in [-0.1, -0.05) is 0 Å². The molecule has 1 unspecified atom stereocenters. The third kappa shape index (κ3) is 5.47. The summed E-state index contributed by atoms with van der Waals surface area (Å²) in [6.07, 6.45) is 0.423. The molecule has 6 heteroatoms. The van der Waals surface area contributed by atoms with E-state index in [0.29, 0.717) is 6.42 Å². The van der Waals surface area contributed by atoms with Gasteiger partial charge in [-0.2, -0.15) is 11.8 Å². The monoisotopic (exact) mass is 313 g/mol. The average Bonchev–Trinajstić information content (AvgIpc) is 2.54. The highest BCUT2D eigenvalue weighted by Crippen LogP contribution is 2.31. The predicted octanol–water partition coefficient (Wildman–Crippen LogP) is 2.26. The van der Waals surface area contributed by atoms with E-state index in [4.69, 9.17) is 9.47 Å². The fraction of sp³-hybridized carbons (Fsp3) is 0.533. The van der Waals surface area contributed by atoms with Crippen LogP contribution >= 0.6 is 11.8 Å². The second-order valence-corrected chi connectivity index (χ2v) is 5.50. The van der Waals surface area contributed by atoms with Gasteiger partial charge in [0.15, 0.2) is 0 Å². The van der Waals surface area contributed by atoms with Gasteiger partial charge in [0.05, 0.1) is 27.8 Å². The summed E-state index contributed by atoms with van der Waals surface area (Å²) in [7, 11) is 6.61. The molecular weight excluding hydrogens is 290 g/mol. The van der Waals surface area contributed by atoms with Crippen LogP contribution in [-0.4, -0.2) is 45.9 Å². The van der Waals surface area contributed by atoms with Gasteiger partial charge in [-0.3, -0.25) is 4.79 Å². The van der Waals surface area contributed by atoms with Crippen LogP contribution in [0, 0.1) is 0 Å². The molecule has 0 saturated carbocycles. The Balaban J connectivity index is 2.68. The number of carbonyl (C=O) groups is 1. The lowest BCUT2D eigenvalue weighted by molar-refractivity contribution is -0.140. The van der Waals surface area contributed by atoms with Gasteiger partial charge in [0.1, 0.15) is 11.5 Å². The van der Waals surface area contributed by atoms with Gasteiger partial charge in [0.2, 0.25) is 0 Å². The molecule has 1 atom stereocenters. The highest BCUT2D eigenvalue weighted by atomic mass is 32.2. The molecule has 21 heavy (non-hydrogen) atoms. The Morgan fingerprint density at radius 1 is 1.29 bits per heavy atom. The van der Waals surface area contributed by atoms with Crippen LogP contribution in [0.3, 0.4) is 0 Å².